The van der Waals surface area contributed by atoms with Crippen molar-refractivity contribution in [2.45, 2.75) is 20.3 Å². The van der Waals surface area contributed by atoms with Gasteiger partial charge in [-0.05, 0) is 30.2 Å². The molecule has 0 spiro atoms. The Labute approximate surface area is 115 Å². The van der Waals surface area contributed by atoms with E-state index in [1.54, 1.807) is 24.3 Å². The topological polar surface area (TPSA) is 69.2 Å². The van der Waals surface area contributed by atoms with E-state index in [0.29, 0.717) is 10.6 Å². The van der Waals surface area contributed by atoms with Gasteiger partial charge in [0.05, 0.1) is 15.3 Å². The number of nitrogens with zero attached hydrogens (tertiary/aromatic N) is 2. The Hall–Kier alpha value is -1.88. The lowest BCUT2D eigenvalue weighted by Gasteiger charge is -1.99. The van der Waals surface area contributed by atoms with E-state index in [1.165, 1.54) is 0 Å². The maximum atomic E-state index is 12.2. The molecule has 0 aliphatic carbocycles. The highest BCUT2D eigenvalue weighted by atomic mass is 35.5. The van der Waals surface area contributed by atoms with Crippen molar-refractivity contribution in [3.05, 3.63) is 45.3 Å². The number of halogens is 1. The molecule has 0 saturated heterocycles. The van der Waals surface area contributed by atoms with Crippen LogP contribution in [-0.4, -0.2) is 26.9 Å². The van der Waals surface area contributed by atoms with Gasteiger partial charge in [-0.3, -0.25) is 4.79 Å². The fourth-order valence-electron chi connectivity index (χ4n) is 1.92. The average molecular weight is 281 g/mol. The fraction of sp³-hybridized carbons (Fsp3) is 0.308. The first-order valence-corrected chi connectivity index (χ1v) is 6.27. The molecule has 0 saturated carbocycles. The highest BCUT2D eigenvalue weighted by Crippen LogP contribution is 2.15. The summed E-state index contributed by atoms with van der Waals surface area (Å²) in [6.07, 6.45) is 0.276. The second-order valence-corrected chi connectivity index (χ2v) is 5.21. The van der Waals surface area contributed by atoms with Crippen LogP contribution in [0.2, 0.25) is 5.02 Å². The first-order chi connectivity index (χ1) is 8.91. The van der Waals surface area contributed by atoms with Crippen LogP contribution in [-0.2, 0) is 4.79 Å². The van der Waals surface area contributed by atoms with Crippen LogP contribution in [0.1, 0.15) is 25.8 Å². The number of hydrazine groups is 1. The number of carbonyl (C=O) groups excluding carboxylic acids is 1. The van der Waals surface area contributed by atoms with Gasteiger partial charge in [0.2, 0.25) is 0 Å². The Morgan fingerprint density at radius 3 is 2.26 bits per heavy atom. The molecule has 1 aromatic rings. The van der Waals surface area contributed by atoms with E-state index in [9.17, 15) is 15.2 Å². The van der Waals surface area contributed by atoms with E-state index < -0.39 is 5.78 Å². The quantitative estimate of drug-likeness (QED) is 0.629. The van der Waals surface area contributed by atoms with Gasteiger partial charge in [-0.1, -0.05) is 25.4 Å². The summed E-state index contributed by atoms with van der Waals surface area (Å²) in [6, 6.07) is 6.24. The summed E-state index contributed by atoms with van der Waals surface area (Å²) in [6.45, 7) is 3.76. The Morgan fingerprint density at radius 1 is 1.16 bits per heavy atom. The number of ketones is 1. The van der Waals surface area contributed by atoms with Crippen molar-refractivity contribution in [1.29, 1.82) is 0 Å². The normalized spacial score (nSPS) is 15.9. The Morgan fingerprint density at radius 2 is 1.74 bits per heavy atom. The first-order valence-electron chi connectivity index (χ1n) is 5.89. The minimum Gasteiger partial charge on any atom is -0.561 e. The minimum absolute atomic E-state index is 0.0186. The third-order valence-corrected chi connectivity index (χ3v) is 3.04. The van der Waals surface area contributed by atoms with Crippen molar-refractivity contribution in [2.24, 2.45) is 5.92 Å². The van der Waals surface area contributed by atoms with Gasteiger partial charge in [-0.25, -0.2) is 0 Å². The molecule has 1 heterocycles. The summed E-state index contributed by atoms with van der Waals surface area (Å²) < 4.78 is 0. The SMILES string of the molecule is CC(C)CC1=[N+]([O-])[N+]([O-])=C(c2ccc(Cl)cc2)C1=O. The highest BCUT2D eigenvalue weighted by molar-refractivity contribution is 6.68. The lowest BCUT2D eigenvalue weighted by molar-refractivity contribution is -1.05. The lowest BCUT2D eigenvalue weighted by atomic mass is 9.98. The van der Waals surface area contributed by atoms with Gasteiger partial charge < -0.3 is 10.4 Å². The number of benzene rings is 1. The Bertz CT molecular complexity index is 588. The zero-order valence-corrected chi connectivity index (χ0v) is 11.3. The molecule has 1 aliphatic heterocycles. The molecule has 100 valence electrons. The molecule has 19 heavy (non-hydrogen) atoms. The molecule has 0 amide bonds. The monoisotopic (exact) mass is 280 g/mol. The molecule has 0 fully saturated rings. The number of carbonyl (C=O) groups is 1. The molecule has 0 N–H and O–H groups in total. The molecule has 0 radical (unpaired) electrons. The van der Waals surface area contributed by atoms with Crippen LogP contribution in [0.15, 0.2) is 24.3 Å². The van der Waals surface area contributed by atoms with Crippen LogP contribution in [0.4, 0.5) is 0 Å². The van der Waals surface area contributed by atoms with Crippen LogP contribution >= 0.6 is 11.6 Å². The van der Waals surface area contributed by atoms with E-state index >= 15 is 0 Å². The van der Waals surface area contributed by atoms with Crippen molar-refractivity contribution >= 4 is 28.8 Å². The number of Topliss-reactive ketones (excluding diaryl/α,β-unsaturated/α-hetero) is 1. The molecule has 0 aromatic heterocycles. The van der Waals surface area contributed by atoms with Crippen molar-refractivity contribution in [3.63, 3.8) is 0 Å². The molecular formula is C13H13ClN2O3. The number of hydrazone groups is 2. The van der Waals surface area contributed by atoms with Crippen LogP contribution in [0.3, 0.4) is 0 Å². The number of rotatable bonds is 3. The largest absolute Gasteiger partial charge is 0.561 e. The Kier molecular flexibility index (Phi) is 3.57. The maximum Gasteiger partial charge on any atom is 0.348 e. The van der Waals surface area contributed by atoms with Crippen LogP contribution < -0.4 is 0 Å². The van der Waals surface area contributed by atoms with E-state index in [0.717, 1.165) is 0 Å². The first kappa shape index (κ1) is 13.5. The maximum absolute atomic E-state index is 12.2. The van der Waals surface area contributed by atoms with Crippen LogP contribution in [0.25, 0.3) is 0 Å². The molecule has 0 atom stereocenters. The third-order valence-electron chi connectivity index (χ3n) is 2.78. The van der Waals surface area contributed by atoms with Gasteiger partial charge in [-0.2, -0.15) is 0 Å². The third kappa shape index (κ3) is 2.46. The summed E-state index contributed by atoms with van der Waals surface area (Å²) >= 11 is 5.75. The molecule has 6 heteroatoms. The summed E-state index contributed by atoms with van der Waals surface area (Å²) in [5.74, 6) is -0.394. The molecule has 0 bridgehead atoms. The second kappa shape index (κ2) is 5.01. The van der Waals surface area contributed by atoms with Gasteiger partial charge in [0.25, 0.3) is 0 Å². The summed E-state index contributed by atoms with van der Waals surface area (Å²) in [4.78, 5) is 12.4. The van der Waals surface area contributed by atoms with E-state index in [-0.39, 0.29) is 33.5 Å². The smallest absolute Gasteiger partial charge is 0.348 e. The number of hydrogen-bond donors (Lipinski definition) is 0. The van der Waals surface area contributed by atoms with Crippen LogP contribution in [0.5, 0.6) is 0 Å². The predicted molar refractivity (Wildman–Crippen MR) is 72.3 cm³/mol. The molecule has 2 rings (SSSR count). The van der Waals surface area contributed by atoms with Gasteiger partial charge >= 0.3 is 17.2 Å². The summed E-state index contributed by atoms with van der Waals surface area (Å²) in [5, 5.41) is 24.0. The van der Waals surface area contributed by atoms with Gasteiger partial charge in [-0.15, -0.1) is 0 Å². The molecule has 5 nitrogen and oxygen atoms in total. The molecule has 1 aromatic carbocycles. The second-order valence-electron chi connectivity index (χ2n) is 4.78. The van der Waals surface area contributed by atoms with Crippen LogP contribution in [0, 0.1) is 16.3 Å². The predicted octanol–water partition coefficient (Wildman–Crippen LogP) is 2.13. The van der Waals surface area contributed by atoms with E-state index in [4.69, 9.17) is 11.6 Å². The van der Waals surface area contributed by atoms with Crippen molar-refractivity contribution < 1.29 is 14.5 Å². The number of hydrogen-bond acceptors (Lipinski definition) is 3. The minimum atomic E-state index is -0.513. The van der Waals surface area contributed by atoms with Crippen molar-refractivity contribution in [1.82, 2.24) is 0 Å². The van der Waals surface area contributed by atoms with Gasteiger partial charge in [0, 0.05) is 11.4 Å². The average Bonchev–Trinajstić information content (AvgIpc) is 2.55. The van der Waals surface area contributed by atoms with Crippen molar-refractivity contribution in [2.75, 3.05) is 0 Å². The van der Waals surface area contributed by atoms with Gasteiger partial charge in [0.15, 0.2) is 0 Å². The lowest BCUT2D eigenvalue weighted by Crippen LogP contribution is -2.24. The zero-order valence-electron chi connectivity index (χ0n) is 10.6. The molecule has 0 unspecified atom stereocenters. The molecular weight excluding hydrogens is 268 g/mol. The van der Waals surface area contributed by atoms with Gasteiger partial charge in [0.1, 0.15) is 0 Å². The zero-order chi connectivity index (χ0) is 14.2. The summed E-state index contributed by atoms with van der Waals surface area (Å²) in [7, 11) is 0. The van der Waals surface area contributed by atoms with E-state index in [1.807, 2.05) is 13.8 Å². The Balaban J connectivity index is 2.40. The standard InChI is InChI=1S/C13H13ClN2O3/c1-8(2)7-11-13(17)12(16(19)15(11)18)9-3-5-10(14)6-4-9/h3-6,8H,7H2,1-2H3. The fourth-order valence-corrected chi connectivity index (χ4v) is 2.04. The molecule has 1 aliphatic rings. The van der Waals surface area contributed by atoms with Crippen molar-refractivity contribution in [3.8, 4) is 0 Å². The summed E-state index contributed by atoms with van der Waals surface area (Å²) in [5.41, 5.74) is 0.223. The van der Waals surface area contributed by atoms with E-state index in [2.05, 4.69) is 0 Å². The highest BCUT2D eigenvalue weighted by Gasteiger charge is 2.44.